The normalized spacial score (nSPS) is 28.5. The molecule has 1 aromatic rings. The van der Waals surface area contributed by atoms with Crippen molar-refractivity contribution in [2.45, 2.75) is 26.4 Å². The molecule has 13 heavy (non-hydrogen) atoms. The SMILES string of the molecule is CC1CN(Cc2ccccc2)C1C. The van der Waals surface area contributed by atoms with Crippen LogP contribution in [0.2, 0.25) is 0 Å². The summed E-state index contributed by atoms with van der Waals surface area (Å²) in [6.45, 7) is 7.02. The maximum absolute atomic E-state index is 2.53. The number of likely N-dealkylation sites (tertiary alicyclic amines) is 1. The number of nitrogens with zero attached hydrogens (tertiary/aromatic N) is 1. The van der Waals surface area contributed by atoms with Crippen LogP contribution in [0.25, 0.3) is 0 Å². The van der Waals surface area contributed by atoms with Gasteiger partial charge in [-0.3, -0.25) is 4.90 Å². The summed E-state index contributed by atoms with van der Waals surface area (Å²) in [6.07, 6.45) is 0. The molecule has 0 N–H and O–H groups in total. The average Bonchev–Trinajstić information content (AvgIpc) is 2.19. The Labute approximate surface area is 80.4 Å². The molecule has 1 aliphatic heterocycles. The number of rotatable bonds is 2. The van der Waals surface area contributed by atoms with Gasteiger partial charge in [-0.1, -0.05) is 37.3 Å². The second-order valence-corrected chi connectivity index (χ2v) is 4.13. The van der Waals surface area contributed by atoms with E-state index in [0.29, 0.717) is 0 Å². The molecule has 0 spiro atoms. The highest BCUT2D eigenvalue weighted by molar-refractivity contribution is 5.15. The highest BCUT2D eigenvalue weighted by Crippen LogP contribution is 2.25. The van der Waals surface area contributed by atoms with E-state index >= 15 is 0 Å². The van der Waals surface area contributed by atoms with Crippen molar-refractivity contribution in [1.82, 2.24) is 4.90 Å². The fraction of sp³-hybridized carbons (Fsp3) is 0.500. The Morgan fingerprint density at radius 3 is 2.46 bits per heavy atom. The van der Waals surface area contributed by atoms with E-state index in [1.54, 1.807) is 0 Å². The maximum Gasteiger partial charge on any atom is 0.0236 e. The molecule has 1 aliphatic rings. The van der Waals surface area contributed by atoms with Gasteiger partial charge in [0.1, 0.15) is 0 Å². The number of benzene rings is 1. The fourth-order valence-electron chi connectivity index (χ4n) is 1.94. The van der Waals surface area contributed by atoms with Crippen molar-refractivity contribution in [3.63, 3.8) is 0 Å². The molecule has 1 heteroatoms. The van der Waals surface area contributed by atoms with Gasteiger partial charge in [0.15, 0.2) is 0 Å². The molecule has 2 atom stereocenters. The Bertz CT molecular complexity index is 268. The minimum absolute atomic E-state index is 0.764. The fourth-order valence-corrected chi connectivity index (χ4v) is 1.94. The molecule has 2 rings (SSSR count). The predicted molar refractivity (Wildman–Crippen MR) is 55.5 cm³/mol. The van der Waals surface area contributed by atoms with Crippen LogP contribution in [0, 0.1) is 5.92 Å². The van der Waals surface area contributed by atoms with Gasteiger partial charge in [0, 0.05) is 19.1 Å². The zero-order valence-electron chi connectivity index (χ0n) is 8.40. The van der Waals surface area contributed by atoms with Crippen molar-refractivity contribution in [1.29, 1.82) is 0 Å². The van der Waals surface area contributed by atoms with Gasteiger partial charge in [-0.15, -0.1) is 0 Å². The summed E-state index contributed by atoms with van der Waals surface area (Å²) in [7, 11) is 0. The summed E-state index contributed by atoms with van der Waals surface area (Å²) in [5.41, 5.74) is 1.43. The minimum atomic E-state index is 0.764. The van der Waals surface area contributed by atoms with Crippen molar-refractivity contribution in [3.8, 4) is 0 Å². The lowest BCUT2D eigenvalue weighted by molar-refractivity contribution is 0.0306. The van der Waals surface area contributed by atoms with E-state index in [9.17, 15) is 0 Å². The summed E-state index contributed by atoms with van der Waals surface area (Å²) >= 11 is 0. The van der Waals surface area contributed by atoms with Crippen molar-refractivity contribution < 1.29 is 0 Å². The van der Waals surface area contributed by atoms with E-state index in [2.05, 4.69) is 49.1 Å². The van der Waals surface area contributed by atoms with Crippen LogP contribution in [-0.2, 0) is 6.54 Å². The first-order valence-corrected chi connectivity index (χ1v) is 5.05. The largest absolute Gasteiger partial charge is 0.296 e. The first-order chi connectivity index (χ1) is 6.27. The zero-order valence-corrected chi connectivity index (χ0v) is 8.40. The molecular formula is C12H17N. The molecule has 0 saturated carbocycles. The quantitative estimate of drug-likeness (QED) is 0.667. The lowest BCUT2D eigenvalue weighted by Gasteiger charge is -2.44. The van der Waals surface area contributed by atoms with E-state index in [1.165, 1.54) is 12.1 Å². The van der Waals surface area contributed by atoms with E-state index in [0.717, 1.165) is 18.5 Å². The van der Waals surface area contributed by atoms with Gasteiger partial charge in [-0.05, 0) is 18.4 Å². The highest BCUT2D eigenvalue weighted by Gasteiger charge is 2.30. The van der Waals surface area contributed by atoms with Gasteiger partial charge in [0.25, 0.3) is 0 Å². The monoisotopic (exact) mass is 175 g/mol. The Kier molecular flexibility index (Phi) is 2.36. The molecule has 0 aromatic heterocycles. The maximum atomic E-state index is 2.53. The summed E-state index contributed by atoms with van der Waals surface area (Å²) in [5.74, 6) is 0.878. The van der Waals surface area contributed by atoms with Crippen molar-refractivity contribution in [2.75, 3.05) is 6.54 Å². The Morgan fingerprint density at radius 2 is 1.92 bits per heavy atom. The van der Waals surface area contributed by atoms with Crippen LogP contribution < -0.4 is 0 Å². The van der Waals surface area contributed by atoms with Crippen LogP contribution in [0.15, 0.2) is 30.3 Å². The standard InChI is InChI=1S/C12H17N/c1-10-8-13(11(10)2)9-12-6-4-3-5-7-12/h3-7,10-11H,8-9H2,1-2H3. The van der Waals surface area contributed by atoms with Gasteiger partial charge >= 0.3 is 0 Å². The first-order valence-electron chi connectivity index (χ1n) is 5.05. The molecule has 0 aliphatic carbocycles. The Balaban J connectivity index is 1.93. The third-order valence-corrected chi connectivity index (χ3v) is 3.15. The molecule has 1 fully saturated rings. The van der Waals surface area contributed by atoms with E-state index in [4.69, 9.17) is 0 Å². The second-order valence-electron chi connectivity index (χ2n) is 4.13. The van der Waals surface area contributed by atoms with E-state index in [1.807, 2.05) is 0 Å². The molecule has 2 unspecified atom stereocenters. The number of hydrogen-bond acceptors (Lipinski definition) is 1. The third-order valence-electron chi connectivity index (χ3n) is 3.15. The van der Waals surface area contributed by atoms with Gasteiger partial charge in [-0.25, -0.2) is 0 Å². The summed E-state index contributed by atoms with van der Waals surface area (Å²) in [5, 5.41) is 0. The smallest absolute Gasteiger partial charge is 0.0236 e. The third kappa shape index (κ3) is 1.75. The topological polar surface area (TPSA) is 3.24 Å². The van der Waals surface area contributed by atoms with Crippen LogP contribution in [0.4, 0.5) is 0 Å². The van der Waals surface area contributed by atoms with Crippen LogP contribution in [0.3, 0.4) is 0 Å². The molecule has 1 nitrogen and oxygen atoms in total. The lowest BCUT2D eigenvalue weighted by Crippen LogP contribution is -2.52. The molecule has 1 aromatic carbocycles. The Hall–Kier alpha value is -0.820. The van der Waals surface area contributed by atoms with Gasteiger partial charge < -0.3 is 0 Å². The van der Waals surface area contributed by atoms with Crippen LogP contribution in [0.5, 0.6) is 0 Å². The van der Waals surface area contributed by atoms with Gasteiger partial charge in [0.2, 0.25) is 0 Å². The molecule has 0 amide bonds. The average molecular weight is 175 g/mol. The molecule has 0 radical (unpaired) electrons. The first kappa shape index (κ1) is 8.76. The Morgan fingerprint density at radius 1 is 1.23 bits per heavy atom. The van der Waals surface area contributed by atoms with Crippen LogP contribution >= 0.6 is 0 Å². The highest BCUT2D eigenvalue weighted by atomic mass is 15.2. The molecule has 70 valence electrons. The molecule has 0 bridgehead atoms. The summed E-state index contributed by atoms with van der Waals surface area (Å²) in [4.78, 5) is 2.53. The second kappa shape index (κ2) is 3.51. The van der Waals surface area contributed by atoms with Gasteiger partial charge in [-0.2, -0.15) is 0 Å². The molecule has 1 heterocycles. The summed E-state index contributed by atoms with van der Waals surface area (Å²) < 4.78 is 0. The van der Waals surface area contributed by atoms with E-state index < -0.39 is 0 Å². The van der Waals surface area contributed by atoms with Crippen molar-refractivity contribution in [3.05, 3.63) is 35.9 Å². The molecule has 1 saturated heterocycles. The zero-order chi connectivity index (χ0) is 9.26. The van der Waals surface area contributed by atoms with Crippen LogP contribution in [-0.4, -0.2) is 17.5 Å². The van der Waals surface area contributed by atoms with Gasteiger partial charge in [0.05, 0.1) is 0 Å². The lowest BCUT2D eigenvalue weighted by atomic mass is 9.91. The molecular weight excluding hydrogens is 158 g/mol. The van der Waals surface area contributed by atoms with Crippen molar-refractivity contribution >= 4 is 0 Å². The predicted octanol–water partition coefficient (Wildman–Crippen LogP) is 2.53. The summed E-state index contributed by atoms with van der Waals surface area (Å²) in [6, 6.07) is 11.5. The van der Waals surface area contributed by atoms with E-state index in [-0.39, 0.29) is 0 Å². The minimum Gasteiger partial charge on any atom is -0.296 e. The van der Waals surface area contributed by atoms with Crippen LogP contribution in [0.1, 0.15) is 19.4 Å². The van der Waals surface area contributed by atoms with Crippen molar-refractivity contribution in [2.24, 2.45) is 5.92 Å². The number of hydrogen-bond donors (Lipinski definition) is 0.